The fraction of sp³-hybridized carbons (Fsp3) is 0.385. The van der Waals surface area contributed by atoms with Crippen molar-refractivity contribution < 1.29 is 23.1 Å². The molecule has 0 aliphatic heterocycles. The Hall–Kier alpha value is -2.11. The molecule has 0 atom stereocenters. The zero-order valence-electron chi connectivity index (χ0n) is 11.5. The van der Waals surface area contributed by atoms with Crippen molar-refractivity contribution in [2.75, 3.05) is 20.2 Å². The predicted octanol–water partition coefficient (Wildman–Crippen LogP) is 1.07. The number of ether oxygens (including phenoxy) is 1. The standard InChI is InChI=1S/C13H16N2O5S/c1-15(9-2-8-14)21(18,19)12-5-3-11(4-6-12)20-10-7-13(16)17/h3-6H,2,7,9-10H2,1H3,(H,16,17). The maximum Gasteiger partial charge on any atom is 0.306 e. The van der Waals surface area contributed by atoms with Crippen LogP contribution in [0, 0.1) is 11.3 Å². The maximum atomic E-state index is 12.2. The van der Waals surface area contributed by atoms with Crippen molar-refractivity contribution in [3.8, 4) is 11.8 Å². The number of carbonyl (C=O) groups is 1. The molecule has 0 unspecified atom stereocenters. The Morgan fingerprint density at radius 1 is 1.38 bits per heavy atom. The number of sulfonamides is 1. The van der Waals surface area contributed by atoms with Gasteiger partial charge in [-0.05, 0) is 24.3 Å². The molecule has 1 aromatic rings. The minimum absolute atomic E-state index is 0.0174. The van der Waals surface area contributed by atoms with E-state index in [0.29, 0.717) is 5.75 Å². The first-order chi connectivity index (χ1) is 9.87. The van der Waals surface area contributed by atoms with Crippen molar-refractivity contribution in [1.29, 1.82) is 5.26 Å². The topological polar surface area (TPSA) is 108 Å². The van der Waals surface area contributed by atoms with Crippen molar-refractivity contribution in [1.82, 2.24) is 4.31 Å². The normalized spacial score (nSPS) is 11.1. The van der Waals surface area contributed by atoms with E-state index >= 15 is 0 Å². The lowest BCUT2D eigenvalue weighted by atomic mass is 10.3. The molecule has 1 N–H and O–H groups in total. The number of benzene rings is 1. The second-order valence-corrected chi connectivity index (χ2v) is 6.24. The van der Waals surface area contributed by atoms with Gasteiger partial charge >= 0.3 is 5.97 Å². The molecule has 0 heterocycles. The van der Waals surface area contributed by atoms with Crippen LogP contribution in [-0.4, -0.2) is 44.0 Å². The molecule has 0 aromatic heterocycles. The average Bonchev–Trinajstić information content (AvgIpc) is 2.44. The largest absolute Gasteiger partial charge is 0.493 e. The van der Waals surface area contributed by atoms with Crippen LogP contribution in [0.5, 0.6) is 5.75 Å². The van der Waals surface area contributed by atoms with Gasteiger partial charge in [-0.3, -0.25) is 4.79 Å². The summed E-state index contributed by atoms with van der Waals surface area (Å²) in [6.45, 7) is 0.138. The molecule has 1 rings (SSSR count). The van der Waals surface area contributed by atoms with Gasteiger partial charge in [-0.25, -0.2) is 8.42 Å². The molecule has 0 saturated carbocycles. The van der Waals surface area contributed by atoms with E-state index in [4.69, 9.17) is 15.1 Å². The highest BCUT2D eigenvalue weighted by molar-refractivity contribution is 7.89. The fourth-order valence-corrected chi connectivity index (χ4v) is 2.64. The third-order valence-corrected chi connectivity index (χ3v) is 4.53. The average molecular weight is 312 g/mol. The number of carboxylic acid groups (broad SMARTS) is 1. The van der Waals surface area contributed by atoms with Crippen LogP contribution in [0.15, 0.2) is 29.2 Å². The molecule has 0 radical (unpaired) electrons. The Kier molecular flexibility index (Phi) is 6.14. The summed E-state index contributed by atoms with van der Waals surface area (Å²) in [4.78, 5) is 10.4. The number of rotatable bonds is 8. The van der Waals surface area contributed by atoms with Gasteiger partial charge in [0.25, 0.3) is 0 Å². The monoisotopic (exact) mass is 312 g/mol. The van der Waals surface area contributed by atoms with E-state index in [1.807, 2.05) is 6.07 Å². The van der Waals surface area contributed by atoms with E-state index in [2.05, 4.69) is 0 Å². The summed E-state index contributed by atoms with van der Waals surface area (Å²) in [7, 11) is -2.22. The lowest BCUT2D eigenvalue weighted by molar-refractivity contribution is -0.137. The zero-order chi connectivity index (χ0) is 15.9. The van der Waals surface area contributed by atoms with E-state index in [9.17, 15) is 13.2 Å². The van der Waals surface area contributed by atoms with E-state index in [0.717, 1.165) is 4.31 Å². The predicted molar refractivity (Wildman–Crippen MR) is 74.2 cm³/mol. The van der Waals surface area contributed by atoms with Gasteiger partial charge in [0.15, 0.2) is 0 Å². The first-order valence-electron chi connectivity index (χ1n) is 6.16. The van der Waals surface area contributed by atoms with Crippen molar-refractivity contribution in [2.24, 2.45) is 0 Å². The molecule has 0 aliphatic carbocycles. The molecular formula is C13H16N2O5S. The summed E-state index contributed by atoms with van der Waals surface area (Å²) in [6, 6.07) is 7.59. The number of carboxylic acids is 1. The molecule has 21 heavy (non-hydrogen) atoms. The highest BCUT2D eigenvalue weighted by Crippen LogP contribution is 2.19. The zero-order valence-corrected chi connectivity index (χ0v) is 12.3. The van der Waals surface area contributed by atoms with Gasteiger partial charge in [0, 0.05) is 20.0 Å². The van der Waals surface area contributed by atoms with E-state index in [-0.39, 0.29) is 30.9 Å². The quantitative estimate of drug-likeness (QED) is 0.769. The van der Waals surface area contributed by atoms with Gasteiger partial charge in [-0.15, -0.1) is 0 Å². The summed E-state index contributed by atoms with van der Waals surface area (Å²) >= 11 is 0. The van der Waals surface area contributed by atoms with E-state index < -0.39 is 16.0 Å². The molecule has 0 saturated heterocycles. The second-order valence-electron chi connectivity index (χ2n) is 4.20. The Balaban J connectivity index is 2.72. The van der Waals surface area contributed by atoms with Crippen LogP contribution in [-0.2, 0) is 14.8 Å². The Morgan fingerprint density at radius 3 is 2.52 bits per heavy atom. The molecule has 0 bridgehead atoms. The minimum Gasteiger partial charge on any atom is -0.493 e. The molecule has 114 valence electrons. The molecule has 8 heteroatoms. The second kappa shape index (κ2) is 7.61. The molecule has 0 spiro atoms. The lowest BCUT2D eigenvalue weighted by Crippen LogP contribution is -2.27. The third kappa shape index (κ3) is 5.06. The van der Waals surface area contributed by atoms with Crippen LogP contribution >= 0.6 is 0 Å². The highest BCUT2D eigenvalue weighted by atomic mass is 32.2. The van der Waals surface area contributed by atoms with Gasteiger partial charge < -0.3 is 9.84 Å². The van der Waals surface area contributed by atoms with Crippen LogP contribution in [0.3, 0.4) is 0 Å². The first kappa shape index (κ1) is 16.9. The lowest BCUT2D eigenvalue weighted by Gasteiger charge is -2.15. The smallest absolute Gasteiger partial charge is 0.306 e. The van der Waals surface area contributed by atoms with E-state index in [1.54, 1.807) is 0 Å². The van der Waals surface area contributed by atoms with Crippen molar-refractivity contribution >= 4 is 16.0 Å². The summed E-state index contributed by atoms with van der Waals surface area (Å²) in [5, 5.41) is 17.0. The molecular weight excluding hydrogens is 296 g/mol. The van der Waals surface area contributed by atoms with Crippen LogP contribution < -0.4 is 4.74 Å². The van der Waals surface area contributed by atoms with E-state index in [1.165, 1.54) is 31.3 Å². The maximum absolute atomic E-state index is 12.2. The van der Waals surface area contributed by atoms with Gasteiger partial charge in [0.05, 0.1) is 24.0 Å². The van der Waals surface area contributed by atoms with Crippen molar-refractivity contribution in [2.45, 2.75) is 17.7 Å². The number of hydrogen-bond donors (Lipinski definition) is 1. The third-order valence-electron chi connectivity index (χ3n) is 2.66. The first-order valence-corrected chi connectivity index (χ1v) is 7.60. The molecule has 1 aromatic carbocycles. The Morgan fingerprint density at radius 2 is 2.00 bits per heavy atom. The molecule has 0 fully saturated rings. The van der Waals surface area contributed by atoms with Crippen LogP contribution in [0.2, 0.25) is 0 Å². The van der Waals surface area contributed by atoms with Gasteiger partial charge in [-0.2, -0.15) is 9.57 Å². The van der Waals surface area contributed by atoms with Gasteiger partial charge in [-0.1, -0.05) is 0 Å². The summed E-state index contributed by atoms with van der Waals surface area (Å²) in [6.07, 6.45) is -0.0109. The van der Waals surface area contributed by atoms with Gasteiger partial charge in [0.1, 0.15) is 5.75 Å². The fourth-order valence-electron chi connectivity index (χ4n) is 1.47. The molecule has 0 aliphatic rings. The summed E-state index contributed by atoms with van der Waals surface area (Å²) in [5.41, 5.74) is 0. The van der Waals surface area contributed by atoms with Crippen LogP contribution in [0.4, 0.5) is 0 Å². The number of nitriles is 1. The molecule has 0 amide bonds. The Labute approximate surface area is 123 Å². The molecule has 7 nitrogen and oxygen atoms in total. The SMILES string of the molecule is CN(CCC#N)S(=O)(=O)c1ccc(OCCC(=O)O)cc1. The summed E-state index contributed by atoms with van der Waals surface area (Å²) < 4.78 is 30.6. The van der Waals surface area contributed by atoms with Gasteiger partial charge in [0.2, 0.25) is 10.0 Å². The van der Waals surface area contributed by atoms with Crippen molar-refractivity contribution in [3.05, 3.63) is 24.3 Å². The minimum atomic E-state index is -3.63. The Bertz CT molecular complexity index is 619. The highest BCUT2D eigenvalue weighted by Gasteiger charge is 2.20. The number of hydrogen-bond acceptors (Lipinski definition) is 5. The van der Waals surface area contributed by atoms with Crippen LogP contribution in [0.1, 0.15) is 12.8 Å². The van der Waals surface area contributed by atoms with Crippen LogP contribution in [0.25, 0.3) is 0 Å². The number of nitrogens with zero attached hydrogens (tertiary/aromatic N) is 2. The number of aliphatic carboxylic acids is 1. The van der Waals surface area contributed by atoms with Crippen molar-refractivity contribution in [3.63, 3.8) is 0 Å². The summed E-state index contributed by atoms with van der Waals surface area (Å²) in [5.74, 6) is -0.566.